The second-order valence-electron chi connectivity index (χ2n) is 7.83. The first-order valence-corrected chi connectivity index (χ1v) is 10.2. The number of alkyl halides is 3. The third-order valence-electron chi connectivity index (χ3n) is 5.34. The fraction of sp³-hybridized carbons (Fsp3) is 0.160. The number of carbonyl (C=O) groups excluding carboxylic acids is 2. The molecule has 0 fully saturated rings. The maximum absolute atomic E-state index is 13.4. The first-order valence-electron chi connectivity index (χ1n) is 10.2. The van der Waals surface area contributed by atoms with Crippen molar-refractivity contribution in [1.82, 2.24) is 9.88 Å². The van der Waals surface area contributed by atoms with Crippen LogP contribution in [0.25, 0.3) is 5.57 Å². The number of aromatic nitrogens is 1. The van der Waals surface area contributed by atoms with Gasteiger partial charge in [0.2, 0.25) is 0 Å². The van der Waals surface area contributed by atoms with Crippen molar-refractivity contribution in [2.45, 2.75) is 26.6 Å². The van der Waals surface area contributed by atoms with Crippen molar-refractivity contribution in [3.8, 4) is 0 Å². The van der Waals surface area contributed by atoms with Gasteiger partial charge in [0.25, 0.3) is 11.8 Å². The summed E-state index contributed by atoms with van der Waals surface area (Å²) in [6.07, 6.45) is -1.41. The van der Waals surface area contributed by atoms with E-state index in [2.05, 4.69) is 10.3 Å². The normalized spacial score (nSPS) is 14.3. The Bertz CT molecular complexity index is 1270. The van der Waals surface area contributed by atoms with Crippen molar-refractivity contribution < 1.29 is 22.8 Å². The lowest BCUT2D eigenvalue weighted by atomic mass is 9.97. The quantitative estimate of drug-likeness (QED) is 0.548. The summed E-state index contributed by atoms with van der Waals surface area (Å²) in [4.78, 5) is 31.8. The molecule has 0 unspecified atom stereocenters. The van der Waals surface area contributed by atoms with Crippen molar-refractivity contribution in [3.05, 3.63) is 101 Å². The maximum Gasteiger partial charge on any atom is 0.416 e. The Morgan fingerprint density at radius 2 is 1.76 bits per heavy atom. The molecule has 8 heteroatoms. The van der Waals surface area contributed by atoms with Crippen LogP contribution in [0.15, 0.2) is 72.7 Å². The highest BCUT2D eigenvalue weighted by Crippen LogP contribution is 2.35. The molecule has 1 aliphatic heterocycles. The van der Waals surface area contributed by atoms with Crippen LogP contribution in [-0.2, 0) is 22.3 Å². The number of amides is 2. The standard InChI is InChI=1S/C25H20F3N3O2/c1-15-8-9-20(16(2)11-15)21-22(30-19-7-3-6-18(12-19)25(26,27)28)24(33)31(23(21)32)14-17-5-4-10-29-13-17/h3-13,30H,14H2,1-2H3. The molecular formula is C25H20F3N3O2. The molecule has 3 aromatic rings. The van der Waals surface area contributed by atoms with E-state index < -0.39 is 23.6 Å². The van der Waals surface area contributed by atoms with Gasteiger partial charge in [-0.3, -0.25) is 19.5 Å². The van der Waals surface area contributed by atoms with Gasteiger partial charge in [0.15, 0.2) is 0 Å². The number of benzene rings is 2. The summed E-state index contributed by atoms with van der Waals surface area (Å²) in [6.45, 7) is 3.72. The Kier molecular flexibility index (Phi) is 5.76. The molecule has 0 saturated carbocycles. The van der Waals surface area contributed by atoms with Crippen LogP contribution in [0.1, 0.15) is 27.8 Å². The number of nitrogens with zero attached hydrogens (tertiary/aromatic N) is 2. The van der Waals surface area contributed by atoms with Crippen molar-refractivity contribution in [3.63, 3.8) is 0 Å². The molecule has 0 atom stereocenters. The van der Waals surface area contributed by atoms with Gasteiger partial charge >= 0.3 is 6.18 Å². The van der Waals surface area contributed by atoms with E-state index in [1.807, 2.05) is 26.0 Å². The fourth-order valence-electron chi connectivity index (χ4n) is 3.77. The predicted octanol–water partition coefficient (Wildman–Crippen LogP) is 5.11. The zero-order valence-corrected chi connectivity index (χ0v) is 17.9. The van der Waals surface area contributed by atoms with E-state index in [0.29, 0.717) is 11.1 Å². The van der Waals surface area contributed by atoms with Crippen molar-refractivity contribution >= 4 is 23.1 Å². The Morgan fingerprint density at radius 3 is 2.42 bits per heavy atom. The van der Waals surface area contributed by atoms with E-state index in [-0.39, 0.29) is 23.5 Å². The summed E-state index contributed by atoms with van der Waals surface area (Å²) in [5.74, 6) is -1.14. The molecule has 5 nitrogen and oxygen atoms in total. The van der Waals surface area contributed by atoms with E-state index in [4.69, 9.17) is 0 Å². The summed E-state index contributed by atoms with van der Waals surface area (Å²) in [6, 6.07) is 13.4. The number of hydrogen-bond donors (Lipinski definition) is 1. The average molecular weight is 451 g/mol. The van der Waals surface area contributed by atoms with E-state index in [0.717, 1.165) is 28.2 Å². The van der Waals surface area contributed by atoms with E-state index in [1.54, 1.807) is 30.6 Å². The average Bonchev–Trinajstić information content (AvgIpc) is 2.99. The minimum absolute atomic E-state index is 0.00626. The van der Waals surface area contributed by atoms with Gasteiger partial charge in [0.1, 0.15) is 5.70 Å². The molecule has 0 spiro atoms. The van der Waals surface area contributed by atoms with Gasteiger partial charge in [-0.2, -0.15) is 13.2 Å². The second kappa shape index (κ2) is 8.54. The molecule has 1 aliphatic rings. The molecule has 33 heavy (non-hydrogen) atoms. The van der Waals surface area contributed by atoms with Crippen LogP contribution < -0.4 is 5.32 Å². The zero-order chi connectivity index (χ0) is 23.8. The minimum Gasteiger partial charge on any atom is -0.350 e. The summed E-state index contributed by atoms with van der Waals surface area (Å²) in [5, 5.41) is 2.79. The summed E-state index contributed by atoms with van der Waals surface area (Å²) >= 11 is 0. The Morgan fingerprint density at radius 1 is 0.970 bits per heavy atom. The van der Waals surface area contributed by atoms with Crippen LogP contribution >= 0.6 is 0 Å². The first-order chi connectivity index (χ1) is 15.6. The summed E-state index contributed by atoms with van der Waals surface area (Å²) in [5.41, 5.74) is 2.22. The molecule has 1 aromatic heterocycles. The number of pyridine rings is 1. The number of aryl methyl sites for hydroxylation is 2. The van der Waals surface area contributed by atoms with Gasteiger partial charge in [0.05, 0.1) is 17.7 Å². The SMILES string of the molecule is Cc1ccc(C2=C(Nc3cccc(C(F)(F)F)c3)C(=O)N(Cc3cccnc3)C2=O)c(C)c1. The van der Waals surface area contributed by atoms with E-state index in [1.165, 1.54) is 12.1 Å². The van der Waals surface area contributed by atoms with Crippen LogP contribution in [-0.4, -0.2) is 21.7 Å². The number of rotatable bonds is 5. The summed E-state index contributed by atoms with van der Waals surface area (Å²) in [7, 11) is 0. The molecule has 0 aliphatic carbocycles. The topological polar surface area (TPSA) is 62.3 Å². The van der Waals surface area contributed by atoms with Crippen LogP contribution in [0, 0.1) is 13.8 Å². The highest BCUT2D eigenvalue weighted by atomic mass is 19.4. The monoisotopic (exact) mass is 451 g/mol. The Labute approximate surface area is 188 Å². The minimum atomic E-state index is -4.54. The lowest BCUT2D eigenvalue weighted by molar-refractivity contribution is -0.138. The molecule has 0 radical (unpaired) electrons. The number of carbonyl (C=O) groups is 2. The number of halogens is 3. The lowest BCUT2D eigenvalue weighted by Gasteiger charge is -2.15. The number of anilines is 1. The Balaban J connectivity index is 1.79. The molecule has 1 N–H and O–H groups in total. The fourth-order valence-corrected chi connectivity index (χ4v) is 3.77. The zero-order valence-electron chi connectivity index (χ0n) is 17.9. The van der Waals surface area contributed by atoms with Gasteiger partial charge in [-0.05, 0) is 54.8 Å². The molecule has 2 aromatic carbocycles. The number of hydrogen-bond acceptors (Lipinski definition) is 4. The molecule has 0 bridgehead atoms. The van der Waals surface area contributed by atoms with Crippen molar-refractivity contribution in [2.24, 2.45) is 0 Å². The third-order valence-corrected chi connectivity index (χ3v) is 5.34. The third kappa shape index (κ3) is 4.50. The summed E-state index contributed by atoms with van der Waals surface area (Å²) < 4.78 is 39.5. The lowest BCUT2D eigenvalue weighted by Crippen LogP contribution is -2.32. The highest BCUT2D eigenvalue weighted by molar-refractivity contribution is 6.36. The van der Waals surface area contributed by atoms with Gasteiger partial charge in [-0.1, -0.05) is 35.9 Å². The molecule has 4 rings (SSSR count). The van der Waals surface area contributed by atoms with Crippen molar-refractivity contribution in [1.29, 1.82) is 0 Å². The molecule has 2 amide bonds. The smallest absolute Gasteiger partial charge is 0.350 e. The highest BCUT2D eigenvalue weighted by Gasteiger charge is 2.40. The maximum atomic E-state index is 13.4. The Hall–Kier alpha value is -3.94. The van der Waals surface area contributed by atoms with Gasteiger partial charge in [-0.15, -0.1) is 0 Å². The van der Waals surface area contributed by atoms with Crippen LogP contribution in [0.4, 0.5) is 18.9 Å². The van der Waals surface area contributed by atoms with Gasteiger partial charge in [0, 0.05) is 18.1 Å². The number of imide groups is 1. The van der Waals surface area contributed by atoms with Gasteiger partial charge < -0.3 is 5.32 Å². The largest absolute Gasteiger partial charge is 0.416 e. The molecule has 0 saturated heterocycles. The molecule has 2 heterocycles. The molecule has 168 valence electrons. The van der Waals surface area contributed by atoms with E-state index >= 15 is 0 Å². The predicted molar refractivity (Wildman–Crippen MR) is 118 cm³/mol. The van der Waals surface area contributed by atoms with E-state index in [9.17, 15) is 22.8 Å². The first kappa shape index (κ1) is 22.3. The number of nitrogens with one attached hydrogen (secondary N) is 1. The van der Waals surface area contributed by atoms with Gasteiger partial charge in [-0.25, -0.2) is 0 Å². The van der Waals surface area contributed by atoms with Crippen molar-refractivity contribution in [2.75, 3.05) is 5.32 Å². The van der Waals surface area contributed by atoms with Crippen LogP contribution in [0.5, 0.6) is 0 Å². The molecular weight excluding hydrogens is 431 g/mol. The second-order valence-corrected chi connectivity index (χ2v) is 7.83. The van der Waals surface area contributed by atoms with Crippen LogP contribution in [0.2, 0.25) is 0 Å². The van der Waals surface area contributed by atoms with Crippen LogP contribution in [0.3, 0.4) is 0 Å².